The molecule has 0 aromatic rings. The van der Waals surface area contributed by atoms with Crippen molar-refractivity contribution in [3.63, 3.8) is 0 Å². The van der Waals surface area contributed by atoms with E-state index in [0.29, 0.717) is 0 Å². The lowest BCUT2D eigenvalue weighted by Gasteiger charge is -1.86. The Morgan fingerprint density at radius 1 is 1.57 bits per heavy atom. The van der Waals surface area contributed by atoms with Crippen molar-refractivity contribution in [2.45, 2.75) is 19.8 Å². The fourth-order valence-corrected chi connectivity index (χ4v) is 1.34. The van der Waals surface area contributed by atoms with Gasteiger partial charge in [0.25, 0.3) is 0 Å². The van der Waals surface area contributed by atoms with Crippen molar-refractivity contribution in [1.29, 1.82) is 0 Å². The summed E-state index contributed by atoms with van der Waals surface area (Å²) in [4.78, 5) is 0. The first kappa shape index (κ1) is 3.71. The molecule has 0 nitrogen and oxygen atoms in total. The number of hydrogen-bond donors (Lipinski definition) is 0. The van der Waals surface area contributed by atoms with Gasteiger partial charge in [-0.3, -0.25) is 0 Å². The van der Waals surface area contributed by atoms with Crippen molar-refractivity contribution in [3.05, 3.63) is 12.2 Å². The van der Waals surface area contributed by atoms with Crippen LogP contribution in [0, 0.1) is 11.3 Å². The van der Waals surface area contributed by atoms with Crippen LogP contribution in [0.25, 0.3) is 0 Å². The average molecular weight is 94.2 g/mol. The highest BCUT2D eigenvalue weighted by molar-refractivity contribution is 5.27. The Kier molecular flexibility index (Phi) is 0.421. The summed E-state index contributed by atoms with van der Waals surface area (Å²) in [6.45, 7) is 2.11. The first-order chi connectivity index (χ1) is 3.37. The third-order valence-electron chi connectivity index (χ3n) is 2.24. The predicted octanol–water partition coefficient (Wildman–Crippen LogP) is 1.97. The Morgan fingerprint density at radius 3 is 2.29 bits per heavy atom. The highest BCUT2D eigenvalue weighted by atomic mass is 14.7. The lowest BCUT2D eigenvalue weighted by Crippen LogP contribution is -1.73. The molecule has 0 saturated heterocycles. The molecule has 0 aromatic carbocycles. The van der Waals surface area contributed by atoms with Gasteiger partial charge in [-0.05, 0) is 31.1 Å². The zero-order chi connectivity index (χ0) is 4.91. The van der Waals surface area contributed by atoms with Crippen molar-refractivity contribution in [1.82, 2.24) is 0 Å². The molecule has 0 spiro atoms. The SMILES string of the molecule is CC=CC12CC1C2. The summed E-state index contributed by atoms with van der Waals surface area (Å²) >= 11 is 0. The second-order valence-electron chi connectivity index (χ2n) is 2.84. The summed E-state index contributed by atoms with van der Waals surface area (Å²) in [6.07, 6.45) is 7.55. The topological polar surface area (TPSA) is 0 Å². The van der Waals surface area contributed by atoms with Gasteiger partial charge in [0.1, 0.15) is 0 Å². The fraction of sp³-hybridized carbons (Fsp3) is 0.714. The molecule has 2 fully saturated rings. The van der Waals surface area contributed by atoms with E-state index >= 15 is 0 Å². The van der Waals surface area contributed by atoms with Gasteiger partial charge in [0.2, 0.25) is 0 Å². The lowest BCUT2D eigenvalue weighted by molar-refractivity contribution is 0.797. The molecule has 2 saturated carbocycles. The minimum Gasteiger partial charge on any atom is -0.0911 e. The van der Waals surface area contributed by atoms with Crippen LogP contribution in [0.5, 0.6) is 0 Å². The second-order valence-corrected chi connectivity index (χ2v) is 2.84. The van der Waals surface area contributed by atoms with Crippen LogP contribution < -0.4 is 0 Å². The Labute approximate surface area is 44.2 Å². The summed E-state index contributed by atoms with van der Waals surface area (Å²) in [5.41, 5.74) is 0.786. The van der Waals surface area contributed by atoms with E-state index in [9.17, 15) is 0 Å². The average Bonchev–Trinajstić information content (AvgIpc) is 2.22. The Balaban J connectivity index is 2.09. The largest absolute Gasteiger partial charge is 0.0911 e. The number of rotatable bonds is 1. The highest BCUT2D eigenvalue weighted by Crippen LogP contribution is 2.76. The van der Waals surface area contributed by atoms with Gasteiger partial charge in [-0.2, -0.15) is 0 Å². The maximum atomic E-state index is 2.37. The van der Waals surface area contributed by atoms with Gasteiger partial charge >= 0.3 is 0 Å². The van der Waals surface area contributed by atoms with E-state index in [1.54, 1.807) is 0 Å². The summed E-state index contributed by atoms with van der Waals surface area (Å²) < 4.78 is 0. The molecular weight excluding hydrogens is 84.1 g/mol. The molecule has 2 aliphatic carbocycles. The van der Waals surface area contributed by atoms with Crippen molar-refractivity contribution >= 4 is 0 Å². The smallest absolute Gasteiger partial charge is 0.00835 e. The molecule has 0 amide bonds. The molecule has 0 bridgehead atoms. The monoisotopic (exact) mass is 94.1 g/mol. The summed E-state index contributed by atoms with van der Waals surface area (Å²) in [5.74, 6) is 1.13. The molecule has 0 aromatic heterocycles. The normalized spacial score (nSPS) is 54.7. The minimum atomic E-state index is 0.786. The molecule has 7 heavy (non-hydrogen) atoms. The molecule has 0 N–H and O–H groups in total. The number of hydrogen-bond acceptors (Lipinski definition) is 0. The molecule has 0 atom stereocenters. The Morgan fingerprint density at radius 2 is 2.14 bits per heavy atom. The molecule has 38 valence electrons. The minimum absolute atomic E-state index is 0.786. The molecule has 0 heteroatoms. The molecule has 0 heterocycles. The number of fused-ring (bicyclic) bond motifs is 1. The standard InChI is InChI=1S/C7H10/c1-2-3-7-4-6(7)5-7/h2-3,6H,4-5H2,1H3. The zero-order valence-electron chi connectivity index (χ0n) is 4.65. The van der Waals surface area contributed by atoms with Crippen molar-refractivity contribution in [3.8, 4) is 0 Å². The quantitative estimate of drug-likeness (QED) is 0.436. The second kappa shape index (κ2) is 0.795. The Bertz CT molecular complexity index is 116. The first-order valence-electron chi connectivity index (χ1n) is 3.01. The van der Waals surface area contributed by atoms with Crippen molar-refractivity contribution in [2.24, 2.45) is 11.3 Å². The number of allylic oxidation sites excluding steroid dienone is 2. The summed E-state index contributed by atoms with van der Waals surface area (Å²) in [7, 11) is 0. The molecule has 0 aliphatic heterocycles. The van der Waals surface area contributed by atoms with E-state index in [0.717, 1.165) is 11.3 Å². The van der Waals surface area contributed by atoms with Gasteiger partial charge in [-0.25, -0.2) is 0 Å². The van der Waals surface area contributed by atoms with E-state index in [2.05, 4.69) is 19.1 Å². The molecule has 0 unspecified atom stereocenters. The van der Waals surface area contributed by atoms with Crippen LogP contribution in [0.2, 0.25) is 0 Å². The van der Waals surface area contributed by atoms with Crippen LogP contribution in [0.3, 0.4) is 0 Å². The van der Waals surface area contributed by atoms with E-state index in [1.165, 1.54) is 12.8 Å². The maximum absolute atomic E-state index is 2.37. The van der Waals surface area contributed by atoms with Crippen LogP contribution in [0.4, 0.5) is 0 Å². The van der Waals surface area contributed by atoms with Crippen LogP contribution in [-0.2, 0) is 0 Å². The Hall–Kier alpha value is -0.260. The van der Waals surface area contributed by atoms with Gasteiger partial charge in [0.15, 0.2) is 0 Å². The summed E-state index contributed by atoms with van der Waals surface area (Å²) in [5, 5.41) is 0. The van der Waals surface area contributed by atoms with Crippen LogP contribution in [0.15, 0.2) is 12.2 Å². The fourth-order valence-electron chi connectivity index (χ4n) is 1.34. The van der Waals surface area contributed by atoms with Crippen LogP contribution in [-0.4, -0.2) is 0 Å². The first-order valence-corrected chi connectivity index (χ1v) is 3.01. The molecule has 0 radical (unpaired) electrons. The summed E-state index contributed by atoms with van der Waals surface area (Å²) in [6, 6.07) is 0. The van der Waals surface area contributed by atoms with Gasteiger partial charge in [0, 0.05) is 0 Å². The third kappa shape index (κ3) is 0.324. The van der Waals surface area contributed by atoms with Gasteiger partial charge in [-0.1, -0.05) is 12.2 Å². The van der Waals surface area contributed by atoms with Gasteiger partial charge < -0.3 is 0 Å². The molecular formula is C7H10. The molecule has 2 aliphatic rings. The van der Waals surface area contributed by atoms with Crippen molar-refractivity contribution < 1.29 is 0 Å². The third-order valence-corrected chi connectivity index (χ3v) is 2.24. The van der Waals surface area contributed by atoms with Crippen LogP contribution in [0.1, 0.15) is 19.8 Å². The predicted molar refractivity (Wildman–Crippen MR) is 30.0 cm³/mol. The van der Waals surface area contributed by atoms with Crippen LogP contribution >= 0.6 is 0 Å². The van der Waals surface area contributed by atoms with Gasteiger partial charge in [0.05, 0.1) is 0 Å². The molecule has 2 rings (SSSR count). The van der Waals surface area contributed by atoms with Crippen molar-refractivity contribution in [2.75, 3.05) is 0 Å². The lowest BCUT2D eigenvalue weighted by atomic mass is 10.2. The van der Waals surface area contributed by atoms with E-state index in [1.807, 2.05) is 0 Å². The van der Waals surface area contributed by atoms with E-state index < -0.39 is 0 Å². The maximum Gasteiger partial charge on any atom is -0.00835 e. The highest BCUT2D eigenvalue weighted by Gasteiger charge is 2.67. The van der Waals surface area contributed by atoms with E-state index in [-0.39, 0.29) is 0 Å². The van der Waals surface area contributed by atoms with E-state index in [4.69, 9.17) is 0 Å². The van der Waals surface area contributed by atoms with Gasteiger partial charge in [-0.15, -0.1) is 0 Å². The zero-order valence-corrected chi connectivity index (χ0v) is 4.65.